The molecule has 1 fully saturated rings. The van der Waals surface area contributed by atoms with Gasteiger partial charge in [-0.3, -0.25) is 10.2 Å². The average molecular weight is 539 g/mol. The molecule has 1 unspecified atom stereocenters. The first kappa shape index (κ1) is 26.5. The van der Waals surface area contributed by atoms with Crippen molar-refractivity contribution in [1.29, 1.82) is 0 Å². The van der Waals surface area contributed by atoms with Crippen LogP contribution in [0.2, 0.25) is 5.02 Å². The number of nitrogens with one attached hydrogen (secondary N) is 3. The first-order chi connectivity index (χ1) is 18.3. The van der Waals surface area contributed by atoms with Crippen LogP contribution < -0.4 is 26.5 Å². The second-order valence-electron chi connectivity index (χ2n) is 8.20. The number of carbonyl (C=O) groups is 3. The van der Waals surface area contributed by atoms with Crippen molar-refractivity contribution in [2.45, 2.75) is 19.8 Å². The highest BCUT2D eigenvalue weighted by Gasteiger charge is 2.42. The van der Waals surface area contributed by atoms with Crippen LogP contribution in [0.15, 0.2) is 66.9 Å². The van der Waals surface area contributed by atoms with Crippen LogP contribution in [-0.2, 0) is 6.54 Å². The van der Waals surface area contributed by atoms with Gasteiger partial charge >= 0.3 is 18.1 Å². The number of imide groups is 1. The number of anilines is 2. The predicted molar refractivity (Wildman–Crippen MR) is 142 cm³/mol. The van der Waals surface area contributed by atoms with E-state index in [0.717, 1.165) is 15.5 Å². The lowest BCUT2D eigenvalue weighted by Crippen LogP contribution is -2.70. The predicted octanol–water partition coefficient (Wildman–Crippen LogP) is 4.23. The van der Waals surface area contributed by atoms with Gasteiger partial charge in [-0.1, -0.05) is 23.7 Å². The number of aromatic nitrogens is 1. The molecule has 1 aromatic heterocycles. The Morgan fingerprint density at radius 1 is 1.05 bits per heavy atom. The van der Waals surface area contributed by atoms with Crippen LogP contribution in [0.4, 0.5) is 25.9 Å². The average Bonchev–Trinajstić information content (AvgIpc) is 2.92. The van der Waals surface area contributed by atoms with E-state index in [1.807, 2.05) is 0 Å². The molecular weight excluding hydrogens is 512 g/mol. The number of carbonyl (C=O) groups excluding carboxylic acids is 3. The van der Waals surface area contributed by atoms with Gasteiger partial charge in [-0.25, -0.2) is 35.1 Å². The lowest BCUT2D eigenvalue weighted by molar-refractivity contribution is 0.0390. The van der Waals surface area contributed by atoms with Crippen molar-refractivity contribution in [1.82, 2.24) is 25.1 Å². The molecule has 1 atom stereocenters. The summed E-state index contributed by atoms with van der Waals surface area (Å²) in [6.45, 7) is 2.08. The van der Waals surface area contributed by atoms with E-state index < -0.39 is 24.4 Å². The van der Waals surface area contributed by atoms with Gasteiger partial charge in [-0.05, 0) is 55.0 Å². The smallest absolute Gasteiger partial charge is 0.345 e. The van der Waals surface area contributed by atoms with Gasteiger partial charge in [0, 0.05) is 36.6 Å². The van der Waals surface area contributed by atoms with Crippen molar-refractivity contribution in [2.24, 2.45) is 5.84 Å². The fourth-order valence-electron chi connectivity index (χ4n) is 3.72. The van der Waals surface area contributed by atoms with Crippen molar-refractivity contribution in [3.63, 3.8) is 0 Å². The number of rotatable bonds is 8. The van der Waals surface area contributed by atoms with Gasteiger partial charge in [-0.15, -0.1) is 0 Å². The Labute approximate surface area is 224 Å². The van der Waals surface area contributed by atoms with Crippen LogP contribution in [0.25, 0.3) is 0 Å². The molecule has 2 heterocycles. The lowest BCUT2D eigenvalue weighted by Gasteiger charge is -2.45. The molecule has 13 heteroatoms. The molecule has 0 bridgehead atoms. The summed E-state index contributed by atoms with van der Waals surface area (Å²) < 4.78 is 5.86. The molecule has 1 aliphatic rings. The van der Waals surface area contributed by atoms with E-state index >= 15 is 0 Å². The fourth-order valence-corrected chi connectivity index (χ4v) is 3.85. The Balaban J connectivity index is 1.50. The van der Waals surface area contributed by atoms with Gasteiger partial charge in [-0.2, -0.15) is 0 Å². The van der Waals surface area contributed by atoms with E-state index in [9.17, 15) is 14.4 Å². The molecule has 4 rings (SSSR count). The topological polar surface area (TPSA) is 145 Å². The molecule has 2 aromatic carbocycles. The summed E-state index contributed by atoms with van der Waals surface area (Å²) in [6.07, 6.45) is 0.567. The van der Waals surface area contributed by atoms with Crippen molar-refractivity contribution in [2.75, 3.05) is 24.2 Å². The molecule has 0 aliphatic carbocycles. The minimum absolute atomic E-state index is 0.177. The summed E-state index contributed by atoms with van der Waals surface area (Å²) >= 11 is 6.00. The van der Waals surface area contributed by atoms with E-state index in [1.165, 1.54) is 18.1 Å². The summed E-state index contributed by atoms with van der Waals surface area (Å²) in [5, 5.41) is 9.75. The number of halogens is 1. The summed E-state index contributed by atoms with van der Waals surface area (Å²) in [5.74, 6) is 7.47. The molecule has 0 spiro atoms. The Hall–Kier alpha value is -4.55. The largest absolute Gasteiger partial charge is 0.457 e. The fraction of sp³-hybridized carbons (Fsp3) is 0.200. The van der Waals surface area contributed by atoms with Gasteiger partial charge in [0.2, 0.25) is 6.29 Å². The molecule has 0 radical (unpaired) electrons. The summed E-state index contributed by atoms with van der Waals surface area (Å²) in [5.41, 5.74) is 1.42. The highest BCUT2D eigenvalue weighted by Crippen LogP contribution is 2.26. The number of hydrogen-bond acceptors (Lipinski definition) is 7. The van der Waals surface area contributed by atoms with Crippen molar-refractivity contribution >= 4 is 41.2 Å². The first-order valence-electron chi connectivity index (χ1n) is 11.7. The normalized spacial score (nSPS) is 15.4. The number of urea groups is 3. The second-order valence-corrected chi connectivity index (χ2v) is 8.63. The molecule has 3 aromatic rings. The highest BCUT2D eigenvalue weighted by atomic mass is 35.5. The highest BCUT2D eigenvalue weighted by molar-refractivity contribution is 6.30. The van der Waals surface area contributed by atoms with Gasteiger partial charge in [0.1, 0.15) is 17.3 Å². The van der Waals surface area contributed by atoms with Crippen LogP contribution >= 0.6 is 11.6 Å². The zero-order chi connectivity index (χ0) is 27.2. The molecule has 12 nitrogen and oxygen atoms in total. The van der Waals surface area contributed by atoms with Crippen LogP contribution in [0.1, 0.15) is 12.5 Å². The lowest BCUT2D eigenvalue weighted by atomic mass is 10.2. The van der Waals surface area contributed by atoms with E-state index in [4.69, 9.17) is 22.2 Å². The summed E-state index contributed by atoms with van der Waals surface area (Å²) in [7, 11) is 1.50. The molecule has 6 amide bonds. The van der Waals surface area contributed by atoms with Crippen LogP contribution in [0.5, 0.6) is 11.5 Å². The van der Waals surface area contributed by atoms with Gasteiger partial charge in [0.05, 0.1) is 6.54 Å². The SMILES string of the molecule is CCN1C(=O)N(N)C(Nc2ccc(Oc3ccnc(NC(=O)NC)c3)cc2)N(Cc2ccc(Cl)cc2)C1=O. The summed E-state index contributed by atoms with van der Waals surface area (Å²) in [4.78, 5) is 44.1. The Morgan fingerprint density at radius 3 is 2.42 bits per heavy atom. The zero-order valence-corrected chi connectivity index (χ0v) is 21.5. The van der Waals surface area contributed by atoms with Gasteiger partial charge in [0.25, 0.3) is 0 Å². The number of nitrogens with zero attached hydrogens (tertiary/aromatic N) is 4. The first-order valence-corrected chi connectivity index (χ1v) is 12.1. The third-order valence-corrected chi connectivity index (χ3v) is 5.91. The Kier molecular flexibility index (Phi) is 8.14. The number of hydrazine groups is 1. The standard InChI is InChI=1S/C25H27ClN8O4/c1-3-32-24(36)33(15-16-4-6-17(26)7-5-16)23(34(27)25(32)37)30-18-8-10-19(11-9-18)38-20-12-13-29-21(14-20)31-22(35)28-2/h4-14,23,30H,3,15,27H2,1-2H3,(H2,28,29,31,35). The number of benzene rings is 2. The quantitative estimate of drug-likeness (QED) is 0.248. The Bertz CT molecular complexity index is 1310. The maximum absolute atomic E-state index is 13.2. The minimum atomic E-state index is -0.946. The number of hydrogen-bond donors (Lipinski definition) is 4. The number of nitrogens with two attached hydrogens (primary N) is 1. The third kappa shape index (κ3) is 6.05. The minimum Gasteiger partial charge on any atom is -0.457 e. The molecule has 5 N–H and O–H groups in total. The number of amides is 6. The molecule has 198 valence electrons. The van der Waals surface area contributed by atoms with Crippen LogP contribution in [-0.4, -0.2) is 57.8 Å². The zero-order valence-electron chi connectivity index (χ0n) is 20.7. The molecule has 0 saturated carbocycles. The monoisotopic (exact) mass is 538 g/mol. The van der Waals surface area contributed by atoms with E-state index in [-0.39, 0.29) is 13.1 Å². The van der Waals surface area contributed by atoms with Crippen LogP contribution in [0, 0.1) is 0 Å². The van der Waals surface area contributed by atoms with Crippen molar-refractivity contribution in [3.8, 4) is 11.5 Å². The maximum Gasteiger partial charge on any atom is 0.345 e. The van der Waals surface area contributed by atoms with Crippen molar-refractivity contribution in [3.05, 3.63) is 77.4 Å². The molecule has 1 saturated heterocycles. The Morgan fingerprint density at radius 2 is 1.76 bits per heavy atom. The van der Waals surface area contributed by atoms with Gasteiger partial charge in [0.15, 0.2) is 0 Å². The number of pyridine rings is 1. The van der Waals surface area contributed by atoms with E-state index in [2.05, 4.69) is 20.9 Å². The van der Waals surface area contributed by atoms with Gasteiger partial charge < -0.3 is 15.4 Å². The molecule has 1 aliphatic heterocycles. The number of ether oxygens (including phenoxy) is 1. The van der Waals surface area contributed by atoms with Crippen molar-refractivity contribution < 1.29 is 19.1 Å². The van der Waals surface area contributed by atoms with E-state index in [0.29, 0.717) is 28.0 Å². The third-order valence-electron chi connectivity index (χ3n) is 5.66. The summed E-state index contributed by atoms with van der Waals surface area (Å²) in [6, 6.07) is 15.7. The molecule has 38 heavy (non-hydrogen) atoms. The van der Waals surface area contributed by atoms with Crippen LogP contribution in [0.3, 0.4) is 0 Å². The molecular formula is C25H27ClN8O4. The second kappa shape index (κ2) is 11.7. The maximum atomic E-state index is 13.2. The van der Waals surface area contributed by atoms with E-state index in [1.54, 1.807) is 67.6 Å².